The van der Waals surface area contributed by atoms with E-state index in [-0.39, 0.29) is 5.38 Å². The average molecular weight is 431 g/mol. The maximum atomic E-state index is 6.74. The first-order chi connectivity index (χ1) is 9.59. The molecule has 1 atom stereocenters. The normalized spacial score (nSPS) is 12.8. The number of thiophene rings is 1. The van der Waals surface area contributed by atoms with E-state index in [1.54, 1.807) is 11.3 Å². The molecule has 1 aromatic heterocycles. The summed E-state index contributed by atoms with van der Waals surface area (Å²) in [6.07, 6.45) is 0. The molecule has 0 aliphatic rings. The highest BCUT2D eigenvalue weighted by atomic mass is 79.9. The molecular formula is C16H11Br2ClS. The lowest BCUT2D eigenvalue weighted by Crippen LogP contribution is -1.95. The molecule has 0 nitrogen and oxygen atoms in total. The Morgan fingerprint density at radius 2 is 1.80 bits per heavy atom. The number of benzene rings is 2. The molecule has 0 radical (unpaired) electrons. The molecule has 20 heavy (non-hydrogen) atoms. The maximum Gasteiger partial charge on any atom is 0.0860 e. The third-order valence-electron chi connectivity index (χ3n) is 3.35. The summed E-state index contributed by atoms with van der Waals surface area (Å²) in [4.78, 5) is 0. The van der Waals surface area contributed by atoms with Gasteiger partial charge in [0.2, 0.25) is 0 Å². The minimum absolute atomic E-state index is 0.146. The van der Waals surface area contributed by atoms with E-state index in [9.17, 15) is 0 Å². The summed E-state index contributed by atoms with van der Waals surface area (Å²) < 4.78 is 3.46. The summed E-state index contributed by atoms with van der Waals surface area (Å²) in [5.74, 6) is 0. The Hall–Kier alpha value is -0.350. The molecule has 0 aliphatic carbocycles. The number of hydrogen-bond donors (Lipinski definition) is 0. The van der Waals surface area contributed by atoms with Crippen molar-refractivity contribution in [3.8, 4) is 0 Å². The highest BCUT2D eigenvalue weighted by Crippen LogP contribution is 2.42. The summed E-state index contributed by atoms with van der Waals surface area (Å²) in [7, 11) is 0. The number of aryl methyl sites for hydroxylation is 1. The number of alkyl halides is 1. The summed E-state index contributed by atoms with van der Waals surface area (Å²) in [6, 6.07) is 12.5. The van der Waals surface area contributed by atoms with E-state index in [1.165, 1.54) is 21.2 Å². The SMILES string of the molecule is Cc1cccc(C(Cl)c2csc3c(Br)cccc23)c1Br. The van der Waals surface area contributed by atoms with Gasteiger partial charge in [-0.25, -0.2) is 0 Å². The Morgan fingerprint density at radius 3 is 2.60 bits per heavy atom. The highest BCUT2D eigenvalue weighted by Gasteiger charge is 2.19. The summed E-state index contributed by atoms with van der Waals surface area (Å²) in [6.45, 7) is 2.08. The molecule has 3 rings (SSSR count). The fourth-order valence-electron chi connectivity index (χ4n) is 2.27. The molecular weight excluding hydrogens is 420 g/mol. The van der Waals surface area contributed by atoms with E-state index in [0.29, 0.717) is 0 Å². The average Bonchev–Trinajstić information content (AvgIpc) is 2.86. The van der Waals surface area contributed by atoms with Crippen molar-refractivity contribution < 1.29 is 0 Å². The van der Waals surface area contributed by atoms with Crippen LogP contribution < -0.4 is 0 Å². The van der Waals surface area contributed by atoms with E-state index < -0.39 is 0 Å². The van der Waals surface area contributed by atoms with Gasteiger partial charge in [0.05, 0.1) is 5.38 Å². The number of fused-ring (bicyclic) bond motifs is 1. The largest absolute Gasteiger partial charge is 0.142 e. The van der Waals surface area contributed by atoms with E-state index in [2.05, 4.69) is 80.6 Å². The van der Waals surface area contributed by atoms with Crippen LogP contribution in [0.15, 0.2) is 50.7 Å². The van der Waals surface area contributed by atoms with Crippen molar-refractivity contribution in [3.05, 3.63) is 67.4 Å². The molecule has 0 amide bonds. The Bertz CT molecular complexity index is 779. The van der Waals surface area contributed by atoms with Gasteiger partial charge in [-0.3, -0.25) is 0 Å². The van der Waals surface area contributed by atoms with Gasteiger partial charge in [0, 0.05) is 13.6 Å². The summed E-state index contributed by atoms with van der Waals surface area (Å²) in [5.41, 5.74) is 3.49. The third kappa shape index (κ3) is 2.45. The first-order valence-electron chi connectivity index (χ1n) is 6.14. The Morgan fingerprint density at radius 1 is 1.05 bits per heavy atom. The standard InChI is InChI=1S/C16H11Br2ClS/c1-9-4-2-6-11(14(9)18)15(19)12-8-20-16-10(12)5-3-7-13(16)17/h2-8,15H,1H3. The molecule has 2 aromatic carbocycles. The molecule has 4 heteroatoms. The van der Waals surface area contributed by atoms with Crippen LogP contribution >= 0.6 is 54.8 Å². The third-order valence-corrected chi connectivity index (χ3v) is 6.87. The van der Waals surface area contributed by atoms with Crippen molar-refractivity contribution in [2.45, 2.75) is 12.3 Å². The number of hydrogen-bond acceptors (Lipinski definition) is 1. The summed E-state index contributed by atoms with van der Waals surface area (Å²) >= 11 is 15.7. The molecule has 0 aliphatic heterocycles. The molecule has 1 heterocycles. The van der Waals surface area contributed by atoms with Crippen LogP contribution in [0.5, 0.6) is 0 Å². The smallest absolute Gasteiger partial charge is 0.0860 e. The Labute approximate surface area is 144 Å². The van der Waals surface area contributed by atoms with Crippen molar-refractivity contribution in [2.24, 2.45) is 0 Å². The Kier molecular flexibility index (Phi) is 4.23. The van der Waals surface area contributed by atoms with E-state index in [0.717, 1.165) is 14.5 Å². The van der Waals surface area contributed by atoms with Crippen LogP contribution in [-0.2, 0) is 0 Å². The minimum atomic E-state index is -0.146. The topological polar surface area (TPSA) is 0 Å². The van der Waals surface area contributed by atoms with Crippen LogP contribution in [0.3, 0.4) is 0 Å². The zero-order valence-electron chi connectivity index (χ0n) is 10.7. The van der Waals surface area contributed by atoms with Gasteiger partial charge in [-0.05, 0) is 56.4 Å². The predicted molar refractivity (Wildman–Crippen MR) is 96.1 cm³/mol. The van der Waals surface area contributed by atoms with Gasteiger partial charge in [0.25, 0.3) is 0 Å². The van der Waals surface area contributed by atoms with Crippen molar-refractivity contribution in [3.63, 3.8) is 0 Å². The van der Waals surface area contributed by atoms with Crippen LogP contribution in [0, 0.1) is 6.92 Å². The zero-order chi connectivity index (χ0) is 14.3. The second kappa shape index (κ2) is 5.80. The van der Waals surface area contributed by atoms with Gasteiger partial charge < -0.3 is 0 Å². The number of rotatable bonds is 2. The summed E-state index contributed by atoms with van der Waals surface area (Å²) in [5, 5.41) is 3.23. The second-order valence-corrected chi connectivity index (χ2v) is 7.61. The lowest BCUT2D eigenvalue weighted by Gasteiger charge is -2.13. The van der Waals surface area contributed by atoms with Crippen LogP contribution in [0.25, 0.3) is 10.1 Å². The molecule has 0 fully saturated rings. The van der Waals surface area contributed by atoms with Crippen LogP contribution in [-0.4, -0.2) is 0 Å². The molecule has 0 saturated heterocycles. The minimum Gasteiger partial charge on any atom is -0.142 e. The molecule has 0 bridgehead atoms. The van der Waals surface area contributed by atoms with Crippen LogP contribution in [0.2, 0.25) is 0 Å². The van der Waals surface area contributed by atoms with Crippen LogP contribution in [0.1, 0.15) is 22.1 Å². The molecule has 0 N–H and O–H groups in total. The van der Waals surface area contributed by atoms with Gasteiger partial charge >= 0.3 is 0 Å². The fraction of sp³-hybridized carbons (Fsp3) is 0.125. The second-order valence-electron chi connectivity index (χ2n) is 4.65. The lowest BCUT2D eigenvalue weighted by molar-refractivity contribution is 1.14. The van der Waals surface area contributed by atoms with Gasteiger partial charge in [-0.2, -0.15) is 0 Å². The van der Waals surface area contributed by atoms with Gasteiger partial charge in [-0.15, -0.1) is 22.9 Å². The quantitative estimate of drug-likeness (QED) is 0.382. The van der Waals surface area contributed by atoms with Crippen molar-refractivity contribution in [1.82, 2.24) is 0 Å². The zero-order valence-corrected chi connectivity index (χ0v) is 15.4. The maximum absolute atomic E-state index is 6.74. The van der Waals surface area contributed by atoms with Gasteiger partial charge in [0.1, 0.15) is 0 Å². The Balaban J connectivity index is 2.16. The van der Waals surface area contributed by atoms with Gasteiger partial charge in [-0.1, -0.05) is 46.3 Å². The van der Waals surface area contributed by atoms with Crippen molar-refractivity contribution in [2.75, 3.05) is 0 Å². The first kappa shape index (κ1) is 14.6. The van der Waals surface area contributed by atoms with E-state index >= 15 is 0 Å². The van der Waals surface area contributed by atoms with Crippen LogP contribution in [0.4, 0.5) is 0 Å². The monoisotopic (exact) mass is 428 g/mol. The lowest BCUT2D eigenvalue weighted by atomic mass is 10.0. The molecule has 1 unspecified atom stereocenters. The van der Waals surface area contributed by atoms with Gasteiger partial charge in [0.15, 0.2) is 0 Å². The highest BCUT2D eigenvalue weighted by molar-refractivity contribution is 9.11. The van der Waals surface area contributed by atoms with Crippen molar-refractivity contribution in [1.29, 1.82) is 0 Å². The molecule has 0 spiro atoms. The molecule has 3 aromatic rings. The van der Waals surface area contributed by atoms with Crippen molar-refractivity contribution >= 4 is 64.9 Å². The van der Waals surface area contributed by atoms with E-state index in [4.69, 9.17) is 11.6 Å². The molecule has 0 saturated carbocycles. The first-order valence-corrected chi connectivity index (χ1v) is 9.04. The number of halogens is 3. The fourth-order valence-corrected chi connectivity index (χ4v) is 4.98. The predicted octanol–water partition coefficient (Wildman–Crippen LogP) is 7.06. The van der Waals surface area contributed by atoms with E-state index in [1.807, 2.05) is 0 Å². The molecule has 102 valence electrons.